The molecule has 0 aliphatic heterocycles. The van der Waals surface area contributed by atoms with Crippen LogP contribution in [0.2, 0.25) is 0 Å². The molecule has 2 N–H and O–H groups in total. The highest BCUT2D eigenvalue weighted by Crippen LogP contribution is 2.18. The third-order valence-corrected chi connectivity index (χ3v) is 5.86. The molecule has 0 saturated heterocycles. The zero-order valence-corrected chi connectivity index (χ0v) is 21.7. The molecule has 0 aromatic heterocycles. The molecule has 0 saturated carbocycles. The molecule has 1 amide bonds. The average molecular weight is 507 g/mol. The number of aldehydes is 1. The SMILES string of the molecule is CN[C@@H](C[C@H](C)C(=O)OC)C(=O)NC(C)Cc1ccc(F)cc1.O=Cc1ccc(-c2ccccc2)cc1. The van der Waals surface area contributed by atoms with Crippen molar-refractivity contribution < 1.29 is 23.5 Å². The van der Waals surface area contributed by atoms with Crippen molar-refractivity contribution in [3.63, 3.8) is 0 Å². The number of halogens is 1. The van der Waals surface area contributed by atoms with Gasteiger partial charge in [-0.05, 0) is 55.6 Å². The minimum atomic E-state index is -0.472. The van der Waals surface area contributed by atoms with E-state index in [0.29, 0.717) is 18.4 Å². The van der Waals surface area contributed by atoms with Crippen molar-refractivity contribution in [3.8, 4) is 11.1 Å². The van der Waals surface area contributed by atoms with Crippen LogP contribution in [-0.4, -0.2) is 44.4 Å². The lowest BCUT2D eigenvalue weighted by molar-refractivity contribution is -0.145. The van der Waals surface area contributed by atoms with Crippen LogP contribution >= 0.6 is 0 Å². The highest BCUT2D eigenvalue weighted by molar-refractivity contribution is 5.83. The van der Waals surface area contributed by atoms with Crippen LogP contribution in [0, 0.1) is 11.7 Å². The highest BCUT2D eigenvalue weighted by Gasteiger charge is 2.24. The van der Waals surface area contributed by atoms with Gasteiger partial charge in [-0.2, -0.15) is 0 Å². The van der Waals surface area contributed by atoms with Crippen molar-refractivity contribution in [1.82, 2.24) is 10.6 Å². The fraction of sp³-hybridized carbons (Fsp3) is 0.300. The first kappa shape index (κ1) is 29.4. The Morgan fingerprint density at radius 3 is 2.05 bits per heavy atom. The van der Waals surface area contributed by atoms with E-state index in [4.69, 9.17) is 0 Å². The van der Waals surface area contributed by atoms with Gasteiger partial charge in [0.05, 0.1) is 19.1 Å². The Kier molecular flexibility index (Phi) is 12.2. The summed E-state index contributed by atoms with van der Waals surface area (Å²) in [6, 6.07) is 23.3. The predicted octanol–water partition coefficient (Wildman–Crippen LogP) is 4.83. The number of esters is 1. The van der Waals surface area contributed by atoms with Crippen LogP contribution in [0.25, 0.3) is 11.1 Å². The smallest absolute Gasteiger partial charge is 0.308 e. The molecule has 3 aromatic rings. The summed E-state index contributed by atoms with van der Waals surface area (Å²) in [5, 5.41) is 5.83. The van der Waals surface area contributed by atoms with Crippen molar-refractivity contribution in [1.29, 1.82) is 0 Å². The van der Waals surface area contributed by atoms with Gasteiger partial charge in [0.15, 0.2) is 0 Å². The predicted molar refractivity (Wildman–Crippen MR) is 144 cm³/mol. The third-order valence-electron chi connectivity index (χ3n) is 5.86. The van der Waals surface area contributed by atoms with E-state index in [1.807, 2.05) is 49.4 Å². The monoisotopic (exact) mass is 506 g/mol. The van der Waals surface area contributed by atoms with E-state index < -0.39 is 6.04 Å². The second-order valence-corrected chi connectivity index (χ2v) is 8.85. The molecule has 3 aromatic carbocycles. The van der Waals surface area contributed by atoms with E-state index in [2.05, 4.69) is 27.5 Å². The summed E-state index contributed by atoms with van der Waals surface area (Å²) >= 11 is 0. The molecule has 0 spiro atoms. The van der Waals surface area contributed by atoms with E-state index in [-0.39, 0.29) is 29.7 Å². The summed E-state index contributed by atoms with van der Waals surface area (Å²) in [6.45, 7) is 3.61. The Bertz CT molecular complexity index is 1120. The lowest BCUT2D eigenvalue weighted by atomic mass is 10.0. The molecule has 3 atom stereocenters. The summed E-state index contributed by atoms with van der Waals surface area (Å²) in [4.78, 5) is 34.2. The fourth-order valence-corrected chi connectivity index (χ4v) is 3.76. The molecule has 7 heteroatoms. The maximum absolute atomic E-state index is 12.9. The standard InChI is InChI=1S/C17H25FN2O3.C13H10O/c1-11(17(22)23-4)9-15(19-3)16(21)20-12(2)10-13-5-7-14(18)8-6-13;14-10-11-6-8-13(9-7-11)12-4-2-1-3-5-12/h5-8,11-12,15,19H,9-10H2,1-4H3,(H,20,21);1-10H/t11-,12?,15-;/m0./s1. The van der Waals surface area contributed by atoms with Gasteiger partial charge in [0.1, 0.15) is 12.1 Å². The maximum Gasteiger partial charge on any atom is 0.308 e. The fourth-order valence-electron chi connectivity index (χ4n) is 3.76. The molecule has 3 rings (SSSR count). The first-order chi connectivity index (χ1) is 17.8. The van der Waals surface area contributed by atoms with Crippen LogP contribution < -0.4 is 10.6 Å². The number of carbonyl (C=O) groups excluding carboxylic acids is 3. The van der Waals surface area contributed by atoms with Crippen LogP contribution in [0.4, 0.5) is 4.39 Å². The maximum atomic E-state index is 12.9. The summed E-state index contributed by atoms with van der Waals surface area (Å²) in [5.74, 6) is -1.15. The number of amides is 1. The van der Waals surface area contributed by atoms with Gasteiger partial charge in [-0.25, -0.2) is 4.39 Å². The number of rotatable bonds is 10. The van der Waals surface area contributed by atoms with E-state index in [1.54, 1.807) is 26.1 Å². The normalized spacial score (nSPS) is 12.8. The second-order valence-electron chi connectivity index (χ2n) is 8.85. The minimum Gasteiger partial charge on any atom is -0.469 e. The molecule has 0 fully saturated rings. The molecular weight excluding hydrogens is 471 g/mol. The van der Waals surface area contributed by atoms with Gasteiger partial charge in [-0.1, -0.05) is 73.7 Å². The van der Waals surface area contributed by atoms with Gasteiger partial charge in [0.25, 0.3) is 0 Å². The number of carbonyl (C=O) groups is 3. The van der Waals surface area contributed by atoms with Crippen molar-refractivity contribution in [3.05, 3.63) is 95.8 Å². The molecule has 0 radical (unpaired) electrons. The molecule has 0 aliphatic rings. The summed E-state index contributed by atoms with van der Waals surface area (Å²) < 4.78 is 17.6. The molecule has 37 heavy (non-hydrogen) atoms. The summed E-state index contributed by atoms with van der Waals surface area (Å²) in [6.07, 6.45) is 1.82. The Balaban J connectivity index is 0.000000291. The summed E-state index contributed by atoms with van der Waals surface area (Å²) in [5.41, 5.74) is 3.97. The van der Waals surface area contributed by atoms with Gasteiger partial charge in [-0.3, -0.25) is 14.4 Å². The van der Waals surface area contributed by atoms with Crippen LogP contribution in [0.15, 0.2) is 78.9 Å². The van der Waals surface area contributed by atoms with Crippen molar-refractivity contribution in [2.45, 2.75) is 38.8 Å². The van der Waals surface area contributed by atoms with Gasteiger partial charge >= 0.3 is 5.97 Å². The number of nitrogens with one attached hydrogen (secondary N) is 2. The van der Waals surface area contributed by atoms with Gasteiger partial charge in [0, 0.05) is 11.6 Å². The first-order valence-electron chi connectivity index (χ1n) is 12.2. The average Bonchev–Trinajstić information content (AvgIpc) is 2.93. The quantitative estimate of drug-likeness (QED) is 0.304. The number of benzene rings is 3. The summed E-state index contributed by atoms with van der Waals surface area (Å²) in [7, 11) is 3.01. The van der Waals surface area contributed by atoms with Gasteiger partial charge in [0.2, 0.25) is 5.91 Å². The third kappa shape index (κ3) is 9.97. The van der Waals surface area contributed by atoms with Crippen molar-refractivity contribution in [2.24, 2.45) is 5.92 Å². The van der Waals surface area contributed by atoms with Gasteiger partial charge < -0.3 is 15.4 Å². The molecular formula is C30H35FN2O4. The Hall–Kier alpha value is -3.84. The van der Waals surface area contributed by atoms with E-state index >= 15 is 0 Å². The van der Waals surface area contributed by atoms with E-state index in [1.165, 1.54) is 24.8 Å². The van der Waals surface area contributed by atoms with Crippen molar-refractivity contribution in [2.75, 3.05) is 14.2 Å². The topological polar surface area (TPSA) is 84.5 Å². The number of methoxy groups -OCH3 is 1. The number of hydrogen-bond acceptors (Lipinski definition) is 5. The van der Waals surface area contributed by atoms with Crippen molar-refractivity contribution >= 4 is 18.2 Å². The van der Waals surface area contributed by atoms with Crippen LogP contribution in [0.3, 0.4) is 0 Å². The van der Waals surface area contributed by atoms with Crippen LogP contribution in [0.1, 0.15) is 36.2 Å². The number of hydrogen-bond donors (Lipinski definition) is 2. The number of ether oxygens (including phenoxy) is 1. The Labute approximate surface area is 218 Å². The molecule has 0 aliphatic carbocycles. The van der Waals surface area contributed by atoms with Gasteiger partial charge in [-0.15, -0.1) is 0 Å². The molecule has 0 bridgehead atoms. The Morgan fingerprint density at radius 1 is 0.919 bits per heavy atom. The lowest BCUT2D eigenvalue weighted by Gasteiger charge is -2.21. The molecule has 0 heterocycles. The molecule has 1 unspecified atom stereocenters. The Morgan fingerprint density at radius 2 is 1.51 bits per heavy atom. The van der Waals surface area contributed by atoms with E-state index in [9.17, 15) is 18.8 Å². The number of likely N-dealkylation sites (N-methyl/N-ethyl adjacent to an activating group) is 1. The lowest BCUT2D eigenvalue weighted by Crippen LogP contribution is -2.47. The zero-order chi connectivity index (χ0) is 27.2. The first-order valence-corrected chi connectivity index (χ1v) is 12.2. The molecule has 6 nitrogen and oxygen atoms in total. The van der Waals surface area contributed by atoms with Crippen LogP contribution in [-0.2, 0) is 20.7 Å². The van der Waals surface area contributed by atoms with E-state index in [0.717, 1.165) is 17.4 Å². The molecule has 196 valence electrons. The zero-order valence-electron chi connectivity index (χ0n) is 21.7. The van der Waals surface area contributed by atoms with Crippen LogP contribution in [0.5, 0.6) is 0 Å². The minimum absolute atomic E-state index is 0.0998. The highest BCUT2D eigenvalue weighted by atomic mass is 19.1. The largest absolute Gasteiger partial charge is 0.469 e. The second kappa shape index (κ2) is 15.3.